The zero-order chi connectivity index (χ0) is 20.9. The van der Waals surface area contributed by atoms with Gasteiger partial charge in [-0.05, 0) is 42.0 Å². The second-order valence-corrected chi connectivity index (χ2v) is 7.29. The summed E-state index contributed by atoms with van der Waals surface area (Å²) in [5.41, 5.74) is 3.59. The zero-order valence-electron chi connectivity index (χ0n) is 16.0. The van der Waals surface area contributed by atoms with Crippen LogP contribution in [0.2, 0.25) is 5.02 Å². The van der Waals surface area contributed by atoms with E-state index in [0.717, 1.165) is 22.0 Å². The molecule has 0 unspecified atom stereocenters. The molecule has 30 heavy (non-hydrogen) atoms. The SMILES string of the molecule is N#C/C(=C\c1cn(Cc2cccc(Cl)c2)c2ccccc12)C(=O)Nc1ccccc1. The summed E-state index contributed by atoms with van der Waals surface area (Å²) in [4.78, 5) is 12.6. The molecule has 0 atom stereocenters. The molecule has 0 saturated carbocycles. The first-order valence-electron chi connectivity index (χ1n) is 9.44. The number of nitriles is 1. The van der Waals surface area contributed by atoms with Crippen molar-refractivity contribution in [3.8, 4) is 6.07 Å². The average Bonchev–Trinajstić information content (AvgIpc) is 3.10. The summed E-state index contributed by atoms with van der Waals surface area (Å²) in [7, 11) is 0. The first kappa shape index (κ1) is 19.5. The van der Waals surface area contributed by atoms with Gasteiger partial charge in [-0.2, -0.15) is 5.26 Å². The average molecular weight is 412 g/mol. The van der Waals surface area contributed by atoms with Gasteiger partial charge in [-0.1, -0.05) is 60.1 Å². The molecule has 4 aromatic rings. The van der Waals surface area contributed by atoms with E-state index in [4.69, 9.17) is 11.6 Å². The Balaban J connectivity index is 1.69. The molecule has 146 valence electrons. The van der Waals surface area contributed by atoms with Crippen molar-refractivity contribution >= 4 is 40.2 Å². The van der Waals surface area contributed by atoms with Gasteiger partial charge in [0.15, 0.2) is 0 Å². The minimum atomic E-state index is -0.435. The second kappa shape index (κ2) is 8.69. The predicted octanol–water partition coefficient (Wildman–Crippen LogP) is 5.89. The van der Waals surface area contributed by atoms with Crippen molar-refractivity contribution in [3.05, 3.63) is 107 Å². The van der Waals surface area contributed by atoms with Gasteiger partial charge in [0.05, 0.1) is 0 Å². The summed E-state index contributed by atoms with van der Waals surface area (Å²) in [5, 5.41) is 14.0. The van der Waals surface area contributed by atoms with Crippen LogP contribution in [-0.2, 0) is 11.3 Å². The molecule has 5 heteroatoms. The molecule has 4 nitrogen and oxygen atoms in total. The Kier molecular flexibility index (Phi) is 5.65. The van der Waals surface area contributed by atoms with Gasteiger partial charge in [0.2, 0.25) is 0 Å². The van der Waals surface area contributed by atoms with Crippen molar-refractivity contribution in [1.82, 2.24) is 4.57 Å². The Morgan fingerprint density at radius 1 is 1.03 bits per heavy atom. The summed E-state index contributed by atoms with van der Waals surface area (Å²) in [6, 6.07) is 26.7. The molecule has 1 amide bonds. The van der Waals surface area contributed by atoms with E-state index in [1.165, 1.54) is 0 Å². The normalized spacial score (nSPS) is 11.3. The monoisotopic (exact) mass is 411 g/mol. The van der Waals surface area contributed by atoms with Crippen LogP contribution in [0, 0.1) is 11.3 Å². The lowest BCUT2D eigenvalue weighted by molar-refractivity contribution is -0.112. The first-order valence-corrected chi connectivity index (χ1v) is 9.82. The van der Waals surface area contributed by atoms with E-state index in [1.807, 2.05) is 79.0 Å². The number of amides is 1. The summed E-state index contributed by atoms with van der Waals surface area (Å²) in [5.74, 6) is -0.435. The molecule has 0 radical (unpaired) electrons. The van der Waals surface area contributed by atoms with Crippen LogP contribution < -0.4 is 5.32 Å². The molecule has 1 N–H and O–H groups in total. The summed E-state index contributed by atoms with van der Waals surface area (Å²) in [6.07, 6.45) is 3.59. The summed E-state index contributed by atoms with van der Waals surface area (Å²) in [6.45, 7) is 0.632. The topological polar surface area (TPSA) is 57.8 Å². The number of nitrogens with zero attached hydrogens (tertiary/aromatic N) is 2. The van der Waals surface area contributed by atoms with Crippen LogP contribution in [0.3, 0.4) is 0 Å². The van der Waals surface area contributed by atoms with E-state index in [0.29, 0.717) is 17.3 Å². The standard InChI is InChI=1S/C25H18ClN3O/c26-21-8-6-7-18(13-21)16-29-17-20(23-11-4-5-12-24(23)29)14-19(15-27)25(30)28-22-9-2-1-3-10-22/h1-14,17H,16H2,(H,28,30)/b19-14+. The maximum Gasteiger partial charge on any atom is 0.266 e. The molecule has 1 aromatic heterocycles. The van der Waals surface area contributed by atoms with Crippen LogP contribution >= 0.6 is 11.6 Å². The van der Waals surface area contributed by atoms with Crippen molar-refractivity contribution in [2.75, 3.05) is 5.32 Å². The van der Waals surface area contributed by atoms with Gasteiger partial charge in [-0.25, -0.2) is 0 Å². The van der Waals surface area contributed by atoms with Gasteiger partial charge < -0.3 is 9.88 Å². The fourth-order valence-electron chi connectivity index (χ4n) is 3.38. The van der Waals surface area contributed by atoms with E-state index in [1.54, 1.807) is 18.2 Å². The molecule has 0 saturated heterocycles. The molecule has 4 rings (SSSR count). The first-order chi connectivity index (χ1) is 14.6. The number of fused-ring (bicyclic) bond motifs is 1. The number of carbonyl (C=O) groups is 1. The molecular weight excluding hydrogens is 394 g/mol. The number of hydrogen-bond donors (Lipinski definition) is 1. The third-order valence-corrected chi connectivity index (χ3v) is 4.99. The van der Waals surface area contributed by atoms with Crippen molar-refractivity contribution in [3.63, 3.8) is 0 Å². The number of anilines is 1. The number of aromatic nitrogens is 1. The van der Waals surface area contributed by atoms with Crippen LogP contribution in [-0.4, -0.2) is 10.5 Å². The molecule has 3 aromatic carbocycles. The van der Waals surface area contributed by atoms with E-state index in [-0.39, 0.29) is 5.57 Å². The number of rotatable bonds is 5. The molecular formula is C25H18ClN3O. The lowest BCUT2D eigenvalue weighted by atomic mass is 10.1. The van der Waals surface area contributed by atoms with Crippen molar-refractivity contribution in [2.24, 2.45) is 0 Å². The molecule has 1 heterocycles. The van der Waals surface area contributed by atoms with Gasteiger partial charge >= 0.3 is 0 Å². The van der Waals surface area contributed by atoms with Gasteiger partial charge in [0.1, 0.15) is 11.6 Å². The fraction of sp³-hybridized carbons (Fsp3) is 0.0400. The molecule has 0 spiro atoms. The number of halogens is 1. The molecule has 0 aliphatic rings. The Bertz CT molecular complexity index is 1280. The minimum absolute atomic E-state index is 0.0458. The molecule has 0 aliphatic heterocycles. The molecule has 0 fully saturated rings. The highest BCUT2D eigenvalue weighted by Gasteiger charge is 2.13. The number of benzene rings is 3. The maximum absolute atomic E-state index is 12.6. The lowest BCUT2D eigenvalue weighted by Crippen LogP contribution is -2.13. The highest BCUT2D eigenvalue weighted by Crippen LogP contribution is 2.25. The molecule has 0 bridgehead atoms. The quantitative estimate of drug-likeness (QED) is 0.329. The van der Waals surface area contributed by atoms with Crippen molar-refractivity contribution < 1.29 is 4.79 Å². The Labute approximate surface area is 179 Å². The number of para-hydroxylation sites is 2. The van der Waals surface area contributed by atoms with Crippen molar-refractivity contribution in [1.29, 1.82) is 5.26 Å². The van der Waals surface area contributed by atoms with E-state index in [2.05, 4.69) is 9.88 Å². The van der Waals surface area contributed by atoms with E-state index < -0.39 is 5.91 Å². The van der Waals surface area contributed by atoms with E-state index in [9.17, 15) is 10.1 Å². The van der Waals surface area contributed by atoms with Gasteiger partial charge in [0.25, 0.3) is 5.91 Å². The van der Waals surface area contributed by atoms with Gasteiger partial charge in [0, 0.05) is 39.9 Å². The predicted molar refractivity (Wildman–Crippen MR) is 121 cm³/mol. The second-order valence-electron chi connectivity index (χ2n) is 6.85. The Morgan fingerprint density at radius 3 is 2.57 bits per heavy atom. The fourth-order valence-corrected chi connectivity index (χ4v) is 3.59. The largest absolute Gasteiger partial charge is 0.342 e. The molecule has 0 aliphatic carbocycles. The van der Waals surface area contributed by atoms with Crippen LogP contribution in [0.15, 0.2) is 90.6 Å². The highest BCUT2D eigenvalue weighted by atomic mass is 35.5. The third kappa shape index (κ3) is 4.27. The van der Waals surface area contributed by atoms with Crippen LogP contribution in [0.25, 0.3) is 17.0 Å². The van der Waals surface area contributed by atoms with Crippen molar-refractivity contribution in [2.45, 2.75) is 6.54 Å². The zero-order valence-corrected chi connectivity index (χ0v) is 16.8. The smallest absolute Gasteiger partial charge is 0.266 e. The lowest BCUT2D eigenvalue weighted by Gasteiger charge is -2.05. The highest BCUT2D eigenvalue weighted by molar-refractivity contribution is 6.30. The van der Waals surface area contributed by atoms with Crippen LogP contribution in [0.1, 0.15) is 11.1 Å². The number of carbonyl (C=O) groups excluding carboxylic acids is 1. The van der Waals surface area contributed by atoms with E-state index >= 15 is 0 Å². The van der Waals surface area contributed by atoms with Gasteiger partial charge in [-0.3, -0.25) is 4.79 Å². The number of nitrogens with one attached hydrogen (secondary N) is 1. The number of hydrogen-bond acceptors (Lipinski definition) is 2. The minimum Gasteiger partial charge on any atom is -0.342 e. The maximum atomic E-state index is 12.6. The van der Waals surface area contributed by atoms with Crippen LogP contribution in [0.5, 0.6) is 0 Å². The third-order valence-electron chi connectivity index (χ3n) is 4.76. The Morgan fingerprint density at radius 2 is 1.80 bits per heavy atom. The Hall–Kier alpha value is -3.81. The summed E-state index contributed by atoms with van der Waals surface area (Å²) < 4.78 is 2.09. The van der Waals surface area contributed by atoms with Gasteiger partial charge in [-0.15, -0.1) is 0 Å². The summed E-state index contributed by atoms with van der Waals surface area (Å²) >= 11 is 6.12. The van der Waals surface area contributed by atoms with Crippen LogP contribution in [0.4, 0.5) is 5.69 Å².